The molecule has 4 rings (SSSR count). The zero-order chi connectivity index (χ0) is 23.5. The minimum absolute atomic E-state index is 0.108. The van der Waals surface area contributed by atoms with E-state index in [4.69, 9.17) is 12.6 Å². The van der Waals surface area contributed by atoms with Gasteiger partial charge in [-0.05, 0) is 105 Å². The SMILES string of the molecule is CC.CCCCC(O)CC[C@@H](S)C1CCC2C3CC=C4CC(O)CC[C@]4(C)C3CC[C@@]21C. The summed E-state index contributed by atoms with van der Waals surface area (Å²) in [6.07, 6.45) is 17.3. The molecule has 6 unspecified atom stereocenters. The lowest BCUT2D eigenvalue weighted by atomic mass is 9.47. The Morgan fingerprint density at radius 1 is 1.03 bits per heavy atom. The first-order chi connectivity index (χ1) is 15.3. The van der Waals surface area contributed by atoms with E-state index in [0.717, 1.165) is 56.3 Å². The van der Waals surface area contributed by atoms with Gasteiger partial charge in [-0.3, -0.25) is 0 Å². The second-order valence-corrected chi connectivity index (χ2v) is 12.5. The molecule has 4 aliphatic carbocycles. The molecule has 3 heteroatoms. The van der Waals surface area contributed by atoms with Gasteiger partial charge < -0.3 is 10.2 Å². The van der Waals surface area contributed by atoms with Crippen molar-refractivity contribution in [3.8, 4) is 0 Å². The molecule has 0 radical (unpaired) electrons. The number of thiol groups is 1. The zero-order valence-corrected chi connectivity index (χ0v) is 22.5. The smallest absolute Gasteiger partial charge is 0.0577 e. The van der Waals surface area contributed by atoms with Gasteiger partial charge in [-0.1, -0.05) is 59.1 Å². The number of hydrogen-bond acceptors (Lipinski definition) is 3. The molecule has 0 amide bonds. The molecule has 0 heterocycles. The molecule has 0 spiro atoms. The number of aliphatic hydroxyl groups excluding tert-OH is 2. The lowest BCUT2D eigenvalue weighted by molar-refractivity contribution is -0.0502. The molecular weight excluding hydrogens is 412 g/mol. The van der Waals surface area contributed by atoms with E-state index in [1.807, 2.05) is 13.8 Å². The van der Waals surface area contributed by atoms with Crippen LogP contribution in [0.1, 0.15) is 118 Å². The van der Waals surface area contributed by atoms with Crippen LogP contribution in [0.5, 0.6) is 0 Å². The van der Waals surface area contributed by atoms with Gasteiger partial charge in [0.25, 0.3) is 0 Å². The Balaban J connectivity index is 0.00000141. The molecule has 3 fully saturated rings. The maximum Gasteiger partial charge on any atom is 0.0577 e. The minimum Gasteiger partial charge on any atom is -0.393 e. The Morgan fingerprint density at radius 2 is 1.78 bits per heavy atom. The molecule has 9 atom stereocenters. The summed E-state index contributed by atoms with van der Waals surface area (Å²) in [7, 11) is 0. The van der Waals surface area contributed by atoms with Gasteiger partial charge in [-0.25, -0.2) is 0 Å². The van der Waals surface area contributed by atoms with Crippen molar-refractivity contribution in [2.75, 3.05) is 0 Å². The quantitative estimate of drug-likeness (QED) is 0.268. The van der Waals surface area contributed by atoms with E-state index in [2.05, 4.69) is 26.8 Å². The third-order valence-corrected chi connectivity index (χ3v) is 10.9. The third kappa shape index (κ3) is 5.01. The topological polar surface area (TPSA) is 40.5 Å². The molecule has 186 valence electrons. The number of hydrogen-bond donors (Lipinski definition) is 3. The van der Waals surface area contributed by atoms with Crippen molar-refractivity contribution in [2.45, 2.75) is 136 Å². The second kappa shape index (κ2) is 11.2. The maximum atomic E-state index is 10.3. The van der Waals surface area contributed by atoms with Crippen molar-refractivity contribution in [3.63, 3.8) is 0 Å². The fraction of sp³-hybridized carbons (Fsp3) is 0.931. The van der Waals surface area contributed by atoms with Crippen molar-refractivity contribution in [1.82, 2.24) is 0 Å². The summed E-state index contributed by atoms with van der Waals surface area (Å²) < 4.78 is 0. The Kier molecular flexibility index (Phi) is 9.29. The monoisotopic (exact) mass is 464 g/mol. The van der Waals surface area contributed by atoms with E-state index >= 15 is 0 Å². The number of allylic oxidation sites excluding steroid dienone is 1. The molecule has 0 aromatic heterocycles. The predicted molar refractivity (Wildman–Crippen MR) is 140 cm³/mol. The van der Waals surface area contributed by atoms with Crippen LogP contribution in [0.3, 0.4) is 0 Å². The van der Waals surface area contributed by atoms with E-state index in [1.54, 1.807) is 5.57 Å². The highest BCUT2D eigenvalue weighted by atomic mass is 32.1. The fourth-order valence-corrected chi connectivity index (χ4v) is 9.10. The van der Waals surface area contributed by atoms with Gasteiger partial charge in [0.1, 0.15) is 0 Å². The van der Waals surface area contributed by atoms with Crippen LogP contribution in [0.25, 0.3) is 0 Å². The lowest BCUT2D eigenvalue weighted by Gasteiger charge is -2.58. The highest BCUT2D eigenvalue weighted by molar-refractivity contribution is 7.81. The van der Waals surface area contributed by atoms with Crippen LogP contribution in [0, 0.1) is 34.5 Å². The lowest BCUT2D eigenvalue weighted by Crippen LogP contribution is -2.51. The zero-order valence-electron chi connectivity index (χ0n) is 21.7. The summed E-state index contributed by atoms with van der Waals surface area (Å²) in [6, 6.07) is 0. The molecule has 0 aromatic rings. The molecule has 0 saturated heterocycles. The largest absolute Gasteiger partial charge is 0.393 e. The first kappa shape index (κ1) is 26.6. The number of rotatable bonds is 7. The van der Waals surface area contributed by atoms with Crippen molar-refractivity contribution in [3.05, 3.63) is 11.6 Å². The van der Waals surface area contributed by atoms with Gasteiger partial charge in [-0.2, -0.15) is 12.6 Å². The normalized spacial score (nSPS) is 42.5. The van der Waals surface area contributed by atoms with Gasteiger partial charge in [0, 0.05) is 5.25 Å². The fourth-order valence-electron chi connectivity index (χ4n) is 8.46. The summed E-state index contributed by atoms with van der Waals surface area (Å²) >= 11 is 5.13. The Morgan fingerprint density at radius 3 is 2.50 bits per heavy atom. The van der Waals surface area contributed by atoms with Crippen LogP contribution in [-0.2, 0) is 0 Å². The maximum absolute atomic E-state index is 10.3. The van der Waals surface area contributed by atoms with Gasteiger partial charge in [0.15, 0.2) is 0 Å². The van der Waals surface area contributed by atoms with Gasteiger partial charge in [-0.15, -0.1) is 0 Å². The number of unbranched alkanes of at least 4 members (excludes halogenated alkanes) is 1. The van der Waals surface area contributed by atoms with E-state index < -0.39 is 0 Å². The molecule has 0 aromatic carbocycles. The predicted octanol–water partition coefficient (Wildman–Crippen LogP) is 7.58. The van der Waals surface area contributed by atoms with Crippen molar-refractivity contribution in [1.29, 1.82) is 0 Å². The Labute approximate surface area is 204 Å². The molecule has 0 bridgehead atoms. The molecule has 2 N–H and O–H groups in total. The van der Waals surface area contributed by atoms with E-state index in [1.165, 1.54) is 44.9 Å². The number of fused-ring (bicyclic) bond motifs is 5. The highest BCUT2D eigenvalue weighted by Gasteiger charge is 2.59. The molecule has 3 saturated carbocycles. The molecule has 0 aliphatic heterocycles. The van der Waals surface area contributed by atoms with E-state index in [0.29, 0.717) is 22.0 Å². The van der Waals surface area contributed by atoms with Crippen LogP contribution in [0.15, 0.2) is 11.6 Å². The summed E-state index contributed by atoms with van der Waals surface area (Å²) in [5.41, 5.74) is 2.34. The average Bonchev–Trinajstić information content (AvgIpc) is 3.15. The average molecular weight is 465 g/mol. The summed E-state index contributed by atoms with van der Waals surface area (Å²) in [4.78, 5) is 0. The minimum atomic E-state index is -0.135. The second-order valence-electron chi connectivity index (χ2n) is 11.8. The van der Waals surface area contributed by atoms with Crippen LogP contribution in [0.2, 0.25) is 0 Å². The van der Waals surface area contributed by atoms with Gasteiger partial charge >= 0.3 is 0 Å². The van der Waals surface area contributed by atoms with Gasteiger partial charge in [0.05, 0.1) is 12.2 Å². The summed E-state index contributed by atoms with van der Waals surface area (Å²) in [6.45, 7) is 11.3. The first-order valence-corrected chi connectivity index (χ1v) is 14.5. The summed E-state index contributed by atoms with van der Waals surface area (Å²) in [5, 5.41) is 21.0. The highest BCUT2D eigenvalue weighted by Crippen LogP contribution is 2.67. The van der Waals surface area contributed by atoms with Crippen molar-refractivity contribution in [2.24, 2.45) is 34.5 Å². The van der Waals surface area contributed by atoms with Gasteiger partial charge in [0.2, 0.25) is 0 Å². The Hall–Kier alpha value is 0.01000. The molecular formula is C29H52O2S. The van der Waals surface area contributed by atoms with Crippen LogP contribution >= 0.6 is 12.6 Å². The Bertz CT molecular complexity index is 633. The first-order valence-electron chi connectivity index (χ1n) is 14.0. The molecule has 4 aliphatic rings. The number of aliphatic hydroxyl groups is 2. The van der Waals surface area contributed by atoms with Crippen LogP contribution in [0.4, 0.5) is 0 Å². The van der Waals surface area contributed by atoms with E-state index in [9.17, 15) is 10.2 Å². The van der Waals surface area contributed by atoms with Crippen LogP contribution in [-0.4, -0.2) is 27.7 Å². The molecule has 32 heavy (non-hydrogen) atoms. The summed E-state index contributed by atoms with van der Waals surface area (Å²) in [5.74, 6) is 3.18. The van der Waals surface area contributed by atoms with Crippen molar-refractivity contribution >= 4 is 12.6 Å². The third-order valence-electron chi connectivity index (χ3n) is 10.3. The van der Waals surface area contributed by atoms with Crippen molar-refractivity contribution < 1.29 is 10.2 Å². The standard InChI is InChI=1S/C27H46O2S.C2H6/c1-4-5-6-19(28)8-12-25(30)24-11-10-22-21-9-7-18-17-20(29)13-15-26(18,2)23(21)14-16-27(22,24)3;1-2/h7,19-25,28-30H,4-6,8-17H2,1-3H3;1-2H3/t19?,20?,21?,22?,23?,24?,25-,26+,27+;/m1./s1. The molecule has 2 nitrogen and oxygen atoms in total. The van der Waals surface area contributed by atoms with E-state index in [-0.39, 0.29) is 12.2 Å². The van der Waals surface area contributed by atoms with Crippen LogP contribution < -0.4 is 0 Å².